The maximum atomic E-state index is 14.5. The molecule has 212 valence electrons. The number of nitrogens with zero attached hydrogens (tertiary/aromatic N) is 3. The minimum absolute atomic E-state index is 0.00621. The van der Waals surface area contributed by atoms with Crippen molar-refractivity contribution in [2.75, 3.05) is 31.6 Å². The third-order valence-electron chi connectivity index (χ3n) is 8.79. The van der Waals surface area contributed by atoms with Crippen LogP contribution in [-0.2, 0) is 29.0 Å². The van der Waals surface area contributed by atoms with Gasteiger partial charge in [-0.15, -0.1) is 0 Å². The number of aromatic nitrogens is 1. The van der Waals surface area contributed by atoms with Crippen molar-refractivity contribution in [3.63, 3.8) is 0 Å². The summed E-state index contributed by atoms with van der Waals surface area (Å²) in [4.78, 5) is 57.2. The molecule has 41 heavy (non-hydrogen) atoms. The summed E-state index contributed by atoms with van der Waals surface area (Å²) in [5.41, 5.74) is 1.77. The number of fused-ring (bicyclic) bond motifs is 4. The SMILES string of the molecule is CCc1ccc(N2C(=O)NC(=O)[C@@](Cc3ccc(OC)cc3)(CN3C[C@@H]4C[C@H](C3)c3cccc(=O)n3C4)C2=O)cc1. The predicted octanol–water partition coefficient (Wildman–Crippen LogP) is 3.35. The molecular weight excluding hydrogens is 520 g/mol. The minimum Gasteiger partial charge on any atom is -0.497 e. The second-order valence-electron chi connectivity index (χ2n) is 11.4. The Balaban J connectivity index is 1.37. The van der Waals surface area contributed by atoms with Gasteiger partial charge in [0.15, 0.2) is 0 Å². The number of anilines is 1. The number of likely N-dealkylation sites (tertiary alicyclic amines) is 1. The molecule has 3 aromatic rings. The van der Waals surface area contributed by atoms with Gasteiger partial charge in [0.1, 0.15) is 11.2 Å². The third-order valence-corrected chi connectivity index (χ3v) is 8.79. The molecule has 9 nitrogen and oxygen atoms in total. The van der Waals surface area contributed by atoms with E-state index in [1.165, 1.54) is 0 Å². The van der Waals surface area contributed by atoms with E-state index < -0.39 is 23.3 Å². The number of aryl methyl sites for hydroxylation is 1. The van der Waals surface area contributed by atoms with E-state index in [2.05, 4.69) is 10.2 Å². The largest absolute Gasteiger partial charge is 0.497 e. The van der Waals surface area contributed by atoms with Crippen LogP contribution < -0.4 is 20.5 Å². The number of nitrogens with one attached hydrogen (secondary N) is 1. The smallest absolute Gasteiger partial charge is 0.335 e. The fourth-order valence-corrected chi connectivity index (χ4v) is 6.74. The zero-order valence-corrected chi connectivity index (χ0v) is 23.3. The Kier molecular flexibility index (Phi) is 6.99. The number of urea groups is 1. The molecule has 0 saturated carbocycles. The monoisotopic (exact) mass is 554 g/mol. The van der Waals surface area contributed by atoms with E-state index in [-0.39, 0.29) is 30.4 Å². The normalized spacial score (nSPS) is 24.1. The van der Waals surface area contributed by atoms with Crippen molar-refractivity contribution < 1.29 is 19.1 Å². The molecule has 3 aliphatic heterocycles. The summed E-state index contributed by atoms with van der Waals surface area (Å²) in [5.74, 6) is -0.0976. The highest BCUT2D eigenvalue weighted by Gasteiger charge is 2.55. The van der Waals surface area contributed by atoms with E-state index >= 15 is 0 Å². The molecular formula is C32H34N4O5. The number of imide groups is 2. The third kappa shape index (κ3) is 4.84. The van der Waals surface area contributed by atoms with E-state index in [0.717, 1.165) is 34.6 Å². The molecule has 3 atom stereocenters. The second kappa shape index (κ2) is 10.6. The summed E-state index contributed by atoms with van der Waals surface area (Å²) in [5, 5.41) is 2.51. The number of rotatable bonds is 7. The molecule has 9 heteroatoms. The van der Waals surface area contributed by atoms with Gasteiger partial charge in [-0.3, -0.25) is 19.7 Å². The Hall–Kier alpha value is -4.24. The number of hydrogen-bond donors (Lipinski definition) is 1. The van der Waals surface area contributed by atoms with Crippen LogP contribution in [0, 0.1) is 11.3 Å². The van der Waals surface area contributed by atoms with Crippen LogP contribution in [0.1, 0.15) is 36.1 Å². The zero-order valence-electron chi connectivity index (χ0n) is 23.3. The summed E-state index contributed by atoms with van der Waals surface area (Å²) >= 11 is 0. The van der Waals surface area contributed by atoms with Crippen molar-refractivity contribution in [3.05, 3.63) is 93.9 Å². The summed E-state index contributed by atoms with van der Waals surface area (Å²) in [6.07, 6.45) is 1.91. The number of hydrogen-bond acceptors (Lipinski definition) is 6. The Bertz CT molecular complexity index is 1550. The lowest BCUT2D eigenvalue weighted by Gasteiger charge is -2.47. The van der Waals surface area contributed by atoms with Gasteiger partial charge in [0.2, 0.25) is 5.91 Å². The number of ether oxygens (including phenoxy) is 1. The fourth-order valence-electron chi connectivity index (χ4n) is 6.74. The van der Waals surface area contributed by atoms with Gasteiger partial charge >= 0.3 is 6.03 Å². The highest BCUT2D eigenvalue weighted by Crippen LogP contribution is 2.39. The predicted molar refractivity (Wildman–Crippen MR) is 154 cm³/mol. The van der Waals surface area contributed by atoms with Gasteiger partial charge in [0.25, 0.3) is 11.5 Å². The first-order valence-corrected chi connectivity index (χ1v) is 14.1. The van der Waals surface area contributed by atoms with Gasteiger partial charge in [-0.2, -0.15) is 0 Å². The molecule has 0 radical (unpaired) electrons. The summed E-state index contributed by atoms with van der Waals surface area (Å²) in [7, 11) is 1.58. The number of methoxy groups -OCH3 is 1. The first-order chi connectivity index (χ1) is 19.8. The van der Waals surface area contributed by atoms with Crippen LogP contribution in [-0.4, -0.2) is 54.1 Å². The van der Waals surface area contributed by atoms with E-state index in [1.807, 2.05) is 41.8 Å². The van der Waals surface area contributed by atoms with Crippen molar-refractivity contribution in [1.29, 1.82) is 0 Å². The molecule has 3 aliphatic rings. The van der Waals surface area contributed by atoms with Gasteiger partial charge in [0, 0.05) is 43.9 Å². The van der Waals surface area contributed by atoms with Crippen LogP contribution in [0.4, 0.5) is 10.5 Å². The van der Waals surface area contributed by atoms with Crippen molar-refractivity contribution in [2.45, 2.75) is 38.6 Å². The fraction of sp³-hybridized carbons (Fsp3) is 0.375. The van der Waals surface area contributed by atoms with Crippen molar-refractivity contribution in [2.24, 2.45) is 11.3 Å². The average molecular weight is 555 g/mol. The van der Waals surface area contributed by atoms with Gasteiger partial charge in [-0.25, -0.2) is 9.69 Å². The summed E-state index contributed by atoms with van der Waals surface area (Å²) in [6, 6.07) is 19.3. The molecule has 1 N–H and O–H groups in total. The first-order valence-electron chi connectivity index (χ1n) is 14.1. The van der Waals surface area contributed by atoms with Crippen LogP contribution >= 0.6 is 0 Å². The number of pyridine rings is 1. The lowest BCUT2D eigenvalue weighted by Crippen LogP contribution is -2.68. The topological polar surface area (TPSA) is 101 Å². The minimum atomic E-state index is -1.53. The van der Waals surface area contributed by atoms with Gasteiger partial charge in [-0.05, 0) is 66.6 Å². The van der Waals surface area contributed by atoms with Gasteiger partial charge in [-0.1, -0.05) is 37.3 Å². The maximum absolute atomic E-state index is 14.5. The van der Waals surface area contributed by atoms with Crippen LogP contribution in [0.25, 0.3) is 0 Å². The summed E-state index contributed by atoms with van der Waals surface area (Å²) in [6.45, 7) is 4.08. The molecule has 0 aliphatic carbocycles. The molecule has 0 spiro atoms. The number of barbiturate groups is 1. The van der Waals surface area contributed by atoms with E-state index in [9.17, 15) is 19.2 Å². The Morgan fingerprint density at radius 2 is 1.63 bits per heavy atom. The molecule has 2 saturated heterocycles. The molecule has 2 fully saturated rings. The molecule has 2 bridgehead atoms. The standard InChI is InChI=1S/C32H34N4O5/c1-3-21-7-11-25(12-8-21)36-30(39)32(29(38)33-31(36)40,16-22-9-13-26(41-2)14-10-22)20-34-17-23-15-24(19-34)27-5-4-6-28(37)35(27)18-23/h4-14,23-24H,3,15-20H2,1-2H3,(H,33,38,40)/t23-,24+,32+/m0/s1. The quantitative estimate of drug-likeness (QED) is 0.450. The number of piperidine rings is 1. The van der Waals surface area contributed by atoms with E-state index in [4.69, 9.17) is 4.74 Å². The molecule has 4 heterocycles. The molecule has 0 unspecified atom stereocenters. The number of carbonyl (C=O) groups is 3. The summed E-state index contributed by atoms with van der Waals surface area (Å²) < 4.78 is 7.17. The highest BCUT2D eigenvalue weighted by atomic mass is 16.5. The number of carbonyl (C=O) groups excluding carboxylic acids is 3. The molecule has 1 aromatic heterocycles. The van der Waals surface area contributed by atoms with E-state index in [1.54, 1.807) is 43.5 Å². The van der Waals surface area contributed by atoms with Crippen LogP contribution in [0.5, 0.6) is 5.75 Å². The number of benzene rings is 2. The zero-order chi connectivity index (χ0) is 28.7. The molecule has 6 rings (SSSR count). The van der Waals surface area contributed by atoms with Crippen molar-refractivity contribution >= 4 is 23.5 Å². The Morgan fingerprint density at radius 3 is 2.34 bits per heavy atom. The molecule has 4 amide bonds. The molecule has 2 aromatic carbocycles. The number of amides is 4. The van der Waals surface area contributed by atoms with Crippen molar-refractivity contribution in [3.8, 4) is 5.75 Å². The lowest BCUT2D eigenvalue weighted by molar-refractivity contribution is -0.144. The second-order valence-corrected chi connectivity index (χ2v) is 11.4. The highest BCUT2D eigenvalue weighted by molar-refractivity contribution is 6.30. The van der Waals surface area contributed by atoms with E-state index in [0.29, 0.717) is 31.1 Å². The van der Waals surface area contributed by atoms with Crippen LogP contribution in [0.2, 0.25) is 0 Å². The average Bonchev–Trinajstić information content (AvgIpc) is 2.97. The van der Waals surface area contributed by atoms with Gasteiger partial charge < -0.3 is 14.2 Å². The van der Waals surface area contributed by atoms with Crippen molar-refractivity contribution in [1.82, 2.24) is 14.8 Å². The first kappa shape index (κ1) is 27.0. The van der Waals surface area contributed by atoms with Crippen LogP contribution in [0.3, 0.4) is 0 Å². The maximum Gasteiger partial charge on any atom is 0.335 e. The lowest BCUT2D eigenvalue weighted by atomic mass is 9.75. The Morgan fingerprint density at radius 1 is 0.902 bits per heavy atom. The van der Waals surface area contributed by atoms with Crippen LogP contribution in [0.15, 0.2) is 71.5 Å². The Labute approximate surface area is 238 Å². The van der Waals surface area contributed by atoms with Gasteiger partial charge in [0.05, 0.1) is 12.8 Å².